The Morgan fingerprint density at radius 3 is 2.70 bits per heavy atom. The molecule has 1 rings (SSSR count). The first kappa shape index (κ1) is 16.8. The molecule has 0 radical (unpaired) electrons. The largest absolute Gasteiger partial charge is 0.481 e. The molecule has 1 aliphatic rings. The molecule has 2 amide bonds. The number of nitrogens with zero attached hydrogens (tertiary/aromatic N) is 1. The highest BCUT2D eigenvalue weighted by Gasteiger charge is 2.29. The second kappa shape index (κ2) is 7.47. The minimum Gasteiger partial charge on any atom is -0.481 e. The quantitative estimate of drug-likeness (QED) is 0.779. The zero-order valence-corrected chi connectivity index (χ0v) is 12.6. The van der Waals surface area contributed by atoms with Crippen molar-refractivity contribution in [3.05, 3.63) is 0 Å². The van der Waals surface area contributed by atoms with Gasteiger partial charge >= 0.3 is 12.0 Å². The summed E-state index contributed by atoms with van der Waals surface area (Å²) in [7, 11) is 0. The third-order valence-electron chi connectivity index (χ3n) is 3.48. The van der Waals surface area contributed by atoms with Crippen LogP contribution in [0.15, 0.2) is 0 Å². The summed E-state index contributed by atoms with van der Waals surface area (Å²) >= 11 is 0. The highest BCUT2D eigenvalue weighted by Crippen LogP contribution is 2.16. The van der Waals surface area contributed by atoms with Gasteiger partial charge in [0, 0.05) is 19.5 Å². The fourth-order valence-electron chi connectivity index (χ4n) is 2.24. The fourth-order valence-corrected chi connectivity index (χ4v) is 2.24. The predicted octanol–water partition coefficient (Wildman–Crippen LogP) is 1.70. The molecule has 1 aliphatic heterocycles. The number of carboxylic acid groups (broad SMARTS) is 1. The number of carboxylic acids is 1. The standard InChI is InChI=1S/C14H26N2O4/c1-11(4-5-12(17)18)6-7-15-13(19)16-8-9-20-14(2,3)10-16/h11H,4-10H2,1-3H3,(H,15,19)(H,17,18). The molecule has 1 unspecified atom stereocenters. The second-order valence-corrected chi connectivity index (χ2v) is 6.09. The van der Waals surface area contributed by atoms with Crippen LogP contribution in [0.5, 0.6) is 0 Å². The number of aliphatic carboxylic acids is 1. The van der Waals surface area contributed by atoms with Gasteiger partial charge in [0.2, 0.25) is 0 Å². The number of nitrogens with one attached hydrogen (secondary N) is 1. The second-order valence-electron chi connectivity index (χ2n) is 6.09. The van der Waals surface area contributed by atoms with E-state index in [0.29, 0.717) is 38.6 Å². The van der Waals surface area contributed by atoms with E-state index in [1.165, 1.54) is 0 Å². The summed E-state index contributed by atoms with van der Waals surface area (Å²) < 4.78 is 5.57. The lowest BCUT2D eigenvalue weighted by Crippen LogP contribution is -2.53. The molecule has 0 spiro atoms. The van der Waals surface area contributed by atoms with E-state index in [2.05, 4.69) is 5.32 Å². The number of amides is 2. The maximum absolute atomic E-state index is 12.0. The van der Waals surface area contributed by atoms with Gasteiger partial charge in [-0.2, -0.15) is 0 Å². The van der Waals surface area contributed by atoms with Gasteiger partial charge < -0.3 is 20.1 Å². The van der Waals surface area contributed by atoms with E-state index in [0.717, 1.165) is 6.42 Å². The molecule has 2 N–H and O–H groups in total. The van der Waals surface area contributed by atoms with Crippen molar-refractivity contribution in [2.75, 3.05) is 26.2 Å². The van der Waals surface area contributed by atoms with Crippen LogP contribution >= 0.6 is 0 Å². The summed E-state index contributed by atoms with van der Waals surface area (Å²) in [6.45, 7) is 8.30. The van der Waals surface area contributed by atoms with E-state index in [4.69, 9.17) is 9.84 Å². The lowest BCUT2D eigenvalue weighted by molar-refractivity contribution is -0.137. The Labute approximate surface area is 120 Å². The number of carbonyl (C=O) groups excluding carboxylic acids is 1. The first-order chi connectivity index (χ1) is 9.30. The summed E-state index contributed by atoms with van der Waals surface area (Å²) in [5.41, 5.74) is -0.287. The van der Waals surface area contributed by atoms with Gasteiger partial charge in [-0.1, -0.05) is 6.92 Å². The van der Waals surface area contributed by atoms with Gasteiger partial charge in [0.15, 0.2) is 0 Å². The molecular formula is C14H26N2O4. The number of hydrogen-bond donors (Lipinski definition) is 2. The van der Waals surface area contributed by atoms with Crippen LogP contribution in [0.25, 0.3) is 0 Å². The molecule has 20 heavy (non-hydrogen) atoms. The van der Waals surface area contributed by atoms with Gasteiger partial charge in [-0.3, -0.25) is 4.79 Å². The summed E-state index contributed by atoms with van der Waals surface area (Å²) in [4.78, 5) is 24.2. The van der Waals surface area contributed by atoms with E-state index in [1.54, 1.807) is 4.90 Å². The van der Waals surface area contributed by atoms with E-state index >= 15 is 0 Å². The topological polar surface area (TPSA) is 78.9 Å². The van der Waals surface area contributed by atoms with Crippen LogP contribution in [0.1, 0.15) is 40.0 Å². The molecule has 0 aromatic carbocycles. The van der Waals surface area contributed by atoms with Gasteiger partial charge in [0.1, 0.15) is 0 Å². The Bertz CT molecular complexity index is 344. The first-order valence-corrected chi connectivity index (χ1v) is 7.19. The van der Waals surface area contributed by atoms with E-state index in [1.807, 2.05) is 20.8 Å². The number of hydrogen-bond acceptors (Lipinski definition) is 3. The highest BCUT2D eigenvalue weighted by molar-refractivity contribution is 5.74. The summed E-state index contributed by atoms with van der Waals surface area (Å²) in [5.74, 6) is -0.469. The molecule has 1 heterocycles. The van der Waals surface area contributed by atoms with Gasteiger partial charge in [0.25, 0.3) is 0 Å². The van der Waals surface area contributed by atoms with Crippen LogP contribution < -0.4 is 5.32 Å². The van der Waals surface area contributed by atoms with Crippen molar-refractivity contribution in [1.82, 2.24) is 10.2 Å². The molecule has 1 atom stereocenters. The van der Waals surface area contributed by atoms with Crippen LogP contribution in [-0.2, 0) is 9.53 Å². The van der Waals surface area contributed by atoms with Crippen molar-refractivity contribution in [2.24, 2.45) is 5.92 Å². The molecule has 6 heteroatoms. The van der Waals surface area contributed by atoms with Gasteiger partial charge in [-0.25, -0.2) is 4.79 Å². The third kappa shape index (κ3) is 6.23. The van der Waals surface area contributed by atoms with Crippen LogP contribution in [0, 0.1) is 5.92 Å². The van der Waals surface area contributed by atoms with Crippen molar-refractivity contribution in [3.8, 4) is 0 Å². The lowest BCUT2D eigenvalue weighted by Gasteiger charge is -2.38. The van der Waals surface area contributed by atoms with Crippen molar-refractivity contribution >= 4 is 12.0 Å². The molecule has 0 aliphatic carbocycles. The SMILES string of the molecule is CC(CCNC(=O)N1CCOC(C)(C)C1)CCC(=O)O. The normalized spacial score (nSPS) is 19.4. The number of morpholine rings is 1. The Morgan fingerprint density at radius 1 is 1.40 bits per heavy atom. The maximum atomic E-state index is 12.0. The molecule has 116 valence electrons. The molecule has 0 aromatic heterocycles. The van der Waals surface area contributed by atoms with Gasteiger partial charge in [-0.05, 0) is 32.6 Å². The van der Waals surface area contributed by atoms with Crippen molar-refractivity contribution < 1.29 is 19.4 Å². The average molecular weight is 286 g/mol. The highest BCUT2D eigenvalue weighted by atomic mass is 16.5. The Kier molecular flexibility index (Phi) is 6.26. The zero-order valence-electron chi connectivity index (χ0n) is 12.6. The van der Waals surface area contributed by atoms with Crippen LogP contribution in [-0.4, -0.2) is 53.8 Å². The van der Waals surface area contributed by atoms with Crippen LogP contribution in [0.4, 0.5) is 4.79 Å². The summed E-state index contributed by atoms with van der Waals surface area (Å²) in [6.07, 6.45) is 1.63. The van der Waals surface area contributed by atoms with Gasteiger partial charge in [0.05, 0.1) is 18.8 Å². The van der Waals surface area contributed by atoms with Crippen LogP contribution in [0.3, 0.4) is 0 Å². The van der Waals surface area contributed by atoms with Crippen molar-refractivity contribution in [2.45, 2.75) is 45.6 Å². The predicted molar refractivity (Wildman–Crippen MR) is 75.7 cm³/mol. The maximum Gasteiger partial charge on any atom is 0.317 e. The summed E-state index contributed by atoms with van der Waals surface area (Å²) in [6, 6.07) is -0.0631. The smallest absolute Gasteiger partial charge is 0.317 e. The number of urea groups is 1. The molecule has 1 fully saturated rings. The lowest BCUT2D eigenvalue weighted by atomic mass is 10.0. The minimum absolute atomic E-state index is 0.0631. The molecule has 0 bridgehead atoms. The number of rotatable bonds is 6. The van der Waals surface area contributed by atoms with E-state index in [-0.39, 0.29) is 18.1 Å². The first-order valence-electron chi connectivity index (χ1n) is 7.19. The van der Waals surface area contributed by atoms with E-state index in [9.17, 15) is 9.59 Å². The Balaban J connectivity index is 2.21. The molecule has 0 saturated carbocycles. The third-order valence-corrected chi connectivity index (χ3v) is 3.48. The molecule has 0 aromatic rings. The van der Waals surface area contributed by atoms with E-state index < -0.39 is 5.97 Å². The number of ether oxygens (including phenoxy) is 1. The number of carbonyl (C=O) groups is 2. The summed E-state index contributed by atoms with van der Waals surface area (Å²) in [5, 5.41) is 11.5. The molecule has 6 nitrogen and oxygen atoms in total. The zero-order chi connectivity index (χ0) is 15.2. The monoisotopic (exact) mass is 286 g/mol. The van der Waals surface area contributed by atoms with Crippen molar-refractivity contribution in [1.29, 1.82) is 0 Å². The Morgan fingerprint density at radius 2 is 2.10 bits per heavy atom. The Hall–Kier alpha value is -1.30. The molecular weight excluding hydrogens is 260 g/mol. The van der Waals surface area contributed by atoms with Crippen LogP contribution in [0.2, 0.25) is 0 Å². The molecule has 1 saturated heterocycles. The van der Waals surface area contributed by atoms with Gasteiger partial charge in [-0.15, -0.1) is 0 Å². The fraction of sp³-hybridized carbons (Fsp3) is 0.857. The van der Waals surface area contributed by atoms with Crippen molar-refractivity contribution in [3.63, 3.8) is 0 Å². The average Bonchev–Trinajstić information content (AvgIpc) is 2.35. The minimum atomic E-state index is -0.767.